The molecule has 0 radical (unpaired) electrons. The van der Waals surface area contributed by atoms with Crippen LogP contribution in [0.15, 0.2) is 24.3 Å². The van der Waals surface area contributed by atoms with Crippen LogP contribution in [0.5, 0.6) is 5.75 Å². The summed E-state index contributed by atoms with van der Waals surface area (Å²) in [5, 5.41) is 114. The first-order chi connectivity index (χ1) is 53.8. The van der Waals surface area contributed by atoms with Gasteiger partial charge in [0, 0.05) is 38.9 Å². The molecule has 3 aliphatic heterocycles. The van der Waals surface area contributed by atoms with Crippen molar-refractivity contribution in [2.75, 3.05) is 32.7 Å². The van der Waals surface area contributed by atoms with Crippen molar-refractivity contribution in [2.45, 2.75) is 306 Å². The number of unbranched alkanes of at least 4 members (excludes halogenated alkanes) is 10. The van der Waals surface area contributed by atoms with Crippen LogP contribution in [0.2, 0.25) is 0 Å². The number of phenols is 1. The van der Waals surface area contributed by atoms with Crippen molar-refractivity contribution in [3.05, 3.63) is 29.8 Å². The zero-order chi connectivity index (χ0) is 85.2. The third-order valence-electron chi connectivity index (χ3n) is 19.9. The van der Waals surface area contributed by atoms with Crippen LogP contribution in [-0.4, -0.2) is 287 Å². The maximum Gasteiger partial charge on any atom is 0.328 e. The molecule has 114 heavy (non-hydrogen) atoms. The van der Waals surface area contributed by atoms with E-state index in [0.717, 1.165) is 90.4 Å². The second kappa shape index (κ2) is 48.8. The number of rotatable bonds is 29. The lowest BCUT2D eigenvalue weighted by atomic mass is 9.99. The number of carbonyl (C=O) groups excluding carboxylic acids is 15. The van der Waals surface area contributed by atoms with Crippen molar-refractivity contribution in [3.8, 4) is 5.75 Å². The summed E-state index contributed by atoms with van der Waals surface area (Å²) in [6.45, 7) is 8.75. The first-order valence-corrected chi connectivity index (χ1v) is 39.4. The fourth-order valence-corrected chi connectivity index (χ4v) is 13.3. The first kappa shape index (κ1) is 97.1. The Bertz CT molecular complexity index is 3390. The number of nitrogens with one attached hydrogen (secondary N) is 11. The van der Waals surface area contributed by atoms with Crippen molar-refractivity contribution in [1.82, 2.24) is 68.3 Å². The summed E-state index contributed by atoms with van der Waals surface area (Å²) in [6, 6.07) is -14.7. The topological polar surface area (TPSA) is 618 Å². The number of aliphatic hydroxyl groups excluding tert-OH is 7. The van der Waals surface area contributed by atoms with E-state index in [0.29, 0.717) is 29.7 Å². The van der Waals surface area contributed by atoms with Gasteiger partial charge in [-0.15, -0.1) is 0 Å². The number of aliphatic hydroxyl groups is 7. The molecular weight excluding hydrogens is 1490 g/mol. The minimum atomic E-state index is -2.24. The number of hydrogen-bond donors (Lipinski definition) is 21. The summed E-state index contributed by atoms with van der Waals surface area (Å²) in [6.07, 6.45) is -6.32. The van der Waals surface area contributed by atoms with E-state index in [2.05, 4.69) is 65.4 Å². The molecule has 3 saturated heterocycles. The average Bonchev–Trinajstić information content (AvgIpc) is 1.61. The van der Waals surface area contributed by atoms with E-state index in [4.69, 9.17) is 16.2 Å². The van der Waals surface area contributed by atoms with Gasteiger partial charge in [-0.1, -0.05) is 97.1 Å². The van der Waals surface area contributed by atoms with Gasteiger partial charge in [0.2, 0.25) is 82.7 Å². The number of hydrogen-bond acceptors (Lipinski definition) is 25. The van der Waals surface area contributed by atoms with Crippen molar-refractivity contribution >= 4 is 88.7 Å². The zero-order valence-electron chi connectivity index (χ0n) is 66.4. The summed E-state index contributed by atoms with van der Waals surface area (Å²) in [5.74, 6) is -17.8. The molecule has 1 aromatic rings. The van der Waals surface area contributed by atoms with Crippen molar-refractivity contribution in [1.29, 1.82) is 0 Å². The van der Waals surface area contributed by atoms with Gasteiger partial charge < -0.3 is 125 Å². The second-order valence-corrected chi connectivity index (χ2v) is 30.1. The Kier molecular flexibility index (Phi) is 41.6. The largest absolute Gasteiger partial charge is 0.508 e. The Hall–Kier alpha value is -9.25. The number of primary amides is 1. The molecular formula is C75H123N15O24. The van der Waals surface area contributed by atoms with Crippen LogP contribution in [0.1, 0.15) is 189 Å². The monoisotopic (exact) mass is 1620 g/mol. The van der Waals surface area contributed by atoms with Crippen molar-refractivity contribution < 1.29 is 118 Å². The Morgan fingerprint density at radius 1 is 0.561 bits per heavy atom. The van der Waals surface area contributed by atoms with Gasteiger partial charge in [-0.25, -0.2) is 4.79 Å². The highest BCUT2D eigenvalue weighted by Crippen LogP contribution is 2.25. The molecule has 1 aromatic carbocycles. The molecule has 0 bridgehead atoms. The number of nitrogens with zero attached hydrogens (tertiary/aromatic N) is 2. The zero-order valence-corrected chi connectivity index (χ0v) is 66.4. The summed E-state index contributed by atoms with van der Waals surface area (Å²) in [4.78, 5) is 213. The van der Waals surface area contributed by atoms with E-state index in [1.54, 1.807) is 0 Å². The number of cyclic esters (lactones) is 1. The van der Waals surface area contributed by atoms with Gasteiger partial charge in [0.25, 0.3) is 0 Å². The number of fused-ring (bicyclic) bond motifs is 2. The van der Waals surface area contributed by atoms with Crippen LogP contribution < -0.4 is 70.0 Å². The molecule has 3 aliphatic rings. The summed E-state index contributed by atoms with van der Waals surface area (Å²) >= 11 is 0. The lowest BCUT2D eigenvalue weighted by Gasteiger charge is -2.34. The maximum absolute atomic E-state index is 14.8. The number of aromatic hydroxyl groups is 1. The van der Waals surface area contributed by atoms with Gasteiger partial charge in [-0.05, 0) is 103 Å². The average molecular weight is 1620 g/mol. The highest BCUT2D eigenvalue weighted by molar-refractivity contribution is 6.00. The number of ether oxygens (including phenoxy) is 1. The van der Waals surface area contributed by atoms with Crippen LogP contribution >= 0.6 is 0 Å². The standard InChI is InChI=1S/C75H123N15O24/c1-9-10-11-12-13-14-15-16-17-18-19-22-48-35-56(101)83-59(41(5)91)69(107)80-40(4)65(103)82-50(33-45-25-27-46(95)28-26-45)66(104)85-58(39(2)3)73(111)90-38-47(96)34-51(90)67(105)86-61(43(7)93)71(109)87-62(44(8)94)74(112)89-32-29-52(97)64(89)72(110)88-63(53(98)36-54(77)99)68(106)79-37-57(102)84-60(42(6)92)70(108)81-49(75(113)114-48)23-21-31-78-55(100)24-20-30-76/h25-28,39-44,47-53,58-64,91-98H,9-24,29-38,76H2,1-8H3,(H2,77,99)(H,78,100)(H,79,106)(H,80,107)(H,81,108)(H,82,103)(H,83,101)(H,84,102)(H,85,104)(H,86,105)(H,87,109)(H,88,110)/t40-,41-,42-,43-,44-,47-,48-,49+,50+,51+,52+,53-,58+,59-,60-,61-,62+,63+,64+/m1/s1. The minimum absolute atomic E-state index is 0.0177. The molecule has 39 heteroatoms. The van der Waals surface area contributed by atoms with E-state index in [1.807, 2.05) is 0 Å². The van der Waals surface area contributed by atoms with Gasteiger partial charge in [-0.3, -0.25) is 67.1 Å². The fourth-order valence-electron chi connectivity index (χ4n) is 13.3. The SMILES string of the molecule is CCCCCCCCCCCCC[C@@H]1CC(=O)N[C@H]([C@@H](C)O)C(=O)N[C@H](C)C(=O)N[C@@H](Cc2ccc(O)cc2)C(=O)N[C@@H](C(C)C)C(=O)N2C[C@H](O)C[C@H]2C(=O)N[C@H]([C@@H](C)O)C(=O)N[C@@H]([C@@H](C)O)C(=O)N2CC[C@H](O)[C@H]2C(=O)N[C@@H]([C@H](O)CC(N)=O)C(=O)NCC(=O)N[C@H]([C@@H](C)O)C(=O)N[C@@H](CCCNC(=O)CCCN)C(=O)O1. The Balaban J connectivity index is 1.83. The number of carbonyl (C=O) groups is 15. The molecule has 642 valence electrons. The normalized spacial score (nSPS) is 27.2. The van der Waals surface area contributed by atoms with Gasteiger partial charge in [0.05, 0.1) is 62.1 Å². The number of benzene rings is 1. The third kappa shape index (κ3) is 31.9. The smallest absolute Gasteiger partial charge is 0.328 e. The molecule has 0 unspecified atom stereocenters. The van der Waals surface area contributed by atoms with E-state index in [-0.39, 0.29) is 63.3 Å². The van der Waals surface area contributed by atoms with Crippen LogP contribution in [0.3, 0.4) is 0 Å². The predicted octanol–water partition coefficient (Wildman–Crippen LogP) is -5.58. The van der Waals surface area contributed by atoms with Crippen LogP contribution in [-0.2, 0) is 83.1 Å². The first-order valence-electron chi connectivity index (χ1n) is 39.4. The quantitative estimate of drug-likeness (QED) is 0.0263. The molecule has 23 N–H and O–H groups in total. The van der Waals surface area contributed by atoms with Gasteiger partial charge in [-0.2, -0.15) is 0 Å². The van der Waals surface area contributed by atoms with Crippen LogP contribution in [0.4, 0.5) is 0 Å². The highest BCUT2D eigenvalue weighted by Gasteiger charge is 2.48. The lowest BCUT2D eigenvalue weighted by molar-refractivity contribution is -0.155. The Morgan fingerprint density at radius 3 is 1.65 bits per heavy atom. The number of nitrogens with two attached hydrogens (primary N) is 2. The molecule has 14 amide bonds. The van der Waals surface area contributed by atoms with Crippen molar-refractivity contribution in [3.63, 3.8) is 0 Å². The van der Waals surface area contributed by atoms with Gasteiger partial charge in [0.1, 0.15) is 78.3 Å². The number of esters is 1. The second-order valence-electron chi connectivity index (χ2n) is 30.1. The van der Waals surface area contributed by atoms with Gasteiger partial charge >= 0.3 is 5.97 Å². The molecule has 0 spiro atoms. The molecule has 0 saturated carbocycles. The van der Waals surface area contributed by atoms with E-state index in [1.165, 1.54) is 45.0 Å². The molecule has 39 nitrogen and oxygen atoms in total. The van der Waals surface area contributed by atoms with Gasteiger partial charge in [0.15, 0.2) is 0 Å². The predicted molar refractivity (Wildman–Crippen MR) is 408 cm³/mol. The van der Waals surface area contributed by atoms with Crippen molar-refractivity contribution in [2.24, 2.45) is 17.4 Å². The number of amides is 14. The van der Waals surface area contributed by atoms with Crippen LogP contribution in [0.25, 0.3) is 0 Å². The maximum atomic E-state index is 14.8. The molecule has 3 fully saturated rings. The molecule has 4 rings (SSSR count). The Morgan fingerprint density at radius 2 is 1.08 bits per heavy atom. The fraction of sp³-hybridized carbons (Fsp3) is 0.720. The third-order valence-corrected chi connectivity index (χ3v) is 19.9. The van der Waals surface area contributed by atoms with Crippen LogP contribution in [0, 0.1) is 5.92 Å². The molecule has 3 heterocycles. The summed E-state index contributed by atoms with van der Waals surface area (Å²) in [7, 11) is 0. The highest BCUT2D eigenvalue weighted by atomic mass is 16.5. The van der Waals surface area contributed by atoms with E-state index >= 15 is 0 Å². The van der Waals surface area contributed by atoms with E-state index < -0.39 is 243 Å². The molecule has 0 aliphatic carbocycles. The summed E-state index contributed by atoms with van der Waals surface area (Å²) in [5.41, 5.74) is 11.3. The van der Waals surface area contributed by atoms with E-state index in [9.17, 15) is 113 Å². The molecule has 19 atom stereocenters. The summed E-state index contributed by atoms with van der Waals surface area (Å²) < 4.78 is 6.02. The lowest BCUT2D eigenvalue weighted by Crippen LogP contribution is -2.64. The minimum Gasteiger partial charge on any atom is -0.508 e. The molecule has 0 aromatic heterocycles. The number of phenolic OH excluding ortho intramolecular Hbond substituents is 1. The Labute approximate surface area is 663 Å².